The highest BCUT2D eigenvalue weighted by Crippen LogP contribution is 2.18. The van der Waals surface area contributed by atoms with E-state index >= 15 is 0 Å². The van der Waals surface area contributed by atoms with Crippen LogP contribution in [-0.2, 0) is 0 Å². The third-order valence-electron chi connectivity index (χ3n) is 3.52. The Morgan fingerprint density at radius 1 is 1.44 bits per heavy atom. The molecule has 1 aliphatic rings. The number of nitrogens with one attached hydrogen (secondary N) is 1. The fraction of sp³-hybridized carbons (Fsp3) is 0.500. The van der Waals surface area contributed by atoms with Crippen LogP contribution in [0.15, 0.2) is 24.3 Å². The van der Waals surface area contributed by atoms with Crippen molar-refractivity contribution >= 4 is 11.6 Å². The second-order valence-corrected chi connectivity index (χ2v) is 5.00. The largest absolute Gasteiger partial charge is 0.374 e. The standard InChI is InChI=1S/C14H21N3O/c1-17(10-11-3-2-8-16-9-11)13-6-4-12(5-7-13)14(15)18/h4-7,11,16H,2-3,8-10H2,1H3,(H2,15,18). The van der Waals surface area contributed by atoms with Gasteiger partial charge in [0.2, 0.25) is 5.91 Å². The van der Waals surface area contributed by atoms with Gasteiger partial charge in [-0.1, -0.05) is 0 Å². The van der Waals surface area contributed by atoms with E-state index in [4.69, 9.17) is 5.73 Å². The molecule has 0 radical (unpaired) electrons. The lowest BCUT2D eigenvalue weighted by molar-refractivity contribution is 0.100. The van der Waals surface area contributed by atoms with E-state index in [1.54, 1.807) is 12.1 Å². The first-order valence-electron chi connectivity index (χ1n) is 6.48. The smallest absolute Gasteiger partial charge is 0.248 e. The molecule has 1 amide bonds. The van der Waals surface area contributed by atoms with Crippen LogP contribution in [0, 0.1) is 5.92 Å². The van der Waals surface area contributed by atoms with Gasteiger partial charge in [-0.15, -0.1) is 0 Å². The molecule has 1 aromatic rings. The lowest BCUT2D eigenvalue weighted by Gasteiger charge is -2.29. The van der Waals surface area contributed by atoms with Gasteiger partial charge in [-0.2, -0.15) is 0 Å². The van der Waals surface area contributed by atoms with Crippen LogP contribution in [0.25, 0.3) is 0 Å². The molecular weight excluding hydrogens is 226 g/mol. The van der Waals surface area contributed by atoms with Crippen molar-refractivity contribution in [3.63, 3.8) is 0 Å². The minimum absolute atomic E-state index is 0.374. The second kappa shape index (κ2) is 5.87. The molecule has 0 spiro atoms. The Labute approximate surface area is 108 Å². The zero-order valence-corrected chi connectivity index (χ0v) is 10.9. The zero-order valence-electron chi connectivity index (χ0n) is 10.9. The van der Waals surface area contributed by atoms with Crippen LogP contribution in [0.5, 0.6) is 0 Å². The van der Waals surface area contributed by atoms with Crippen LogP contribution in [0.1, 0.15) is 23.2 Å². The fourth-order valence-electron chi connectivity index (χ4n) is 2.45. The van der Waals surface area contributed by atoms with E-state index < -0.39 is 0 Å². The highest BCUT2D eigenvalue weighted by atomic mass is 16.1. The lowest BCUT2D eigenvalue weighted by Crippen LogP contribution is -2.36. The van der Waals surface area contributed by atoms with Gasteiger partial charge in [0.15, 0.2) is 0 Å². The summed E-state index contributed by atoms with van der Waals surface area (Å²) in [6.07, 6.45) is 2.55. The maximum Gasteiger partial charge on any atom is 0.248 e. The normalized spacial score (nSPS) is 19.5. The molecule has 98 valence electrons. The quantitative estimate of drug-likeness (QED) is 0.841. The SMILES string of the molecule is CN(CC1CCCNC1)c1ccc(C(N)=O)cc1. The molecule has 0 saturated carbocycles. The van der Waals surface area contributed by atoms with Gasteiger partial charge in [0, 0.05) is 24.8 Å². The molecule has 0 aromatic heterocycles. The van der Waals surface area contributed by atoms with Gasteiger partial charge in [0.05, 0.1) is 0 Å². The summed E-state index contributed by atoms with van der Waals surface area (Å²) in [7, 11) is 2.09. The molecule has 4 heteroatoms. The molecule has 1 atom stereocenters. The Morgan fingerprint density at radius 2 is 2.17 bits per heavy atom. The van der Waals surface area contributed by atoms with Gasteiger partial charge < -0.3 is 16.0 Å². The summed E-state index contributed by atoms with van der Waals surface area (Å²) in [4.78, 5) is 13.2. The van der Waals surface area contributed by atoms with Gasteiger partial charge in [-0.3, -0.25) is 4.79 Å². The Bertz CT molecular complexity index is 396. The topological polar surface area (TPSA) is 58.4 Å². The number of nitrogens with two attached hydrogens (primary N) is 1. The van der Waals surface area contributed by atoms with Crippen molar-refractivity contribution in [2.24, 2.45) is 11.7 Å². The number of amides is 1. The number of hydrogen-bond acceptors (Lipinski definition) is 3. The van der Waals surface area contributed by atoms with Gasteiger partial charge in [-0.25, -0.2) is 0 Å². The monoisotopic (exact) mass is 247 g/mol. The first-order valence-corrected chi connectivity index (χ1v) is 6.48. The van der Waals surface area contributed by atoms with Gasteiger partial charge >= 0.3 is 0 Å². The van der Waals surface area contributed by atoms with Crippen molar-refractivity contribution in [2.45, 2.75) is 12.8 Å². The van der Waals surface area contributed by atoms with Crippen LogP contribution in [0.2, 0.25) is 0 Å². The van der Waals surface area contributed by atoms with E-state index in [0.29, 0.717) is 11.5 Å². The van der Waals surface area contributed by atoms with Crippen LogP contribution in [0.3, 0.4) is 0 Å². The average molecular weight is 247 g/mol. The molecule has 18 heavy (non-hydrogen) atoms. The number of benzene rings is 1. The summed E-state index contributed by atoms with van der Waals surface area (Å²) in [5.41, 5.74) is 6.92. The highest BCUT2D eigenvalue weighted by molar-refractivity contribution is 5.93. The molecule has 1 unspecified atom stereocenters. The number of carbonyl (C=O) groups is 1. The van der Waals surface area contributed by atoms with Crippen molar-refractivity contribution < 1.29 is 4.79 Å². The Balaban J connectivity index is 1.95. The van der Waals surface area contributed by atoms with E-state index in [1.165, 1.54) is 12.8 Å². The first-order chi connectivity index (χ1) is 8.66. The number of anilines is 1. The van der Waals surface area contributed by atoms with E-state index in [2.05, 4.69) is 17.3 Å². The molecule has 2 rings (SSSR count). The van der Waals surface area contributed by atoms with Crippen LogP contribution in [0.4, 0.5) is 5.69 Å². The minimum Gasteiger partial charge on any atom is -0.374 e. The molecule has 3 N–H and O–H groups in total. The Morgan fingerprint density at radius 3 is 2.72 bits per heavy atom. The minimum atomic E-state index is -0.374. The molecule has 1 aliphatic heterocycles. The third kappa shape index (κ3) is 3.23. The van der Waals surface area contributed by atoms with Crippen molar-refractivity contribution in [1.29, 1.82) is 0 Å². The predicted molar refractivity (Wildman–Crippen MR) is 73.8 cm³/mol. The predicted octanol–water partition coefficient (Wildman–Crippen LogP) is 1.22. The molecular formula is C14H21N3O. The summed E-state index contributed by atoms with van der Waals surface area (Å²) in [5.74, 6) is 0.334. The summed E-state index contributed by atoms with van der Waals surface area (Å²) in [5, 5.41) is 3.43. The number of nitrogens with zero attached hydrogens (tertiary/aromatic N) is 1. The average Bonchev–Trinajstić information content (AvgIpc) is 2.40. The van der Waals surface area contributed by atoms with E-state index in [-0.39, 0.29) is 5.91 Å². The van der Waals surface area contributed by atoms with Crippen molar-refractivity contribution in [2.75, 3.05) is 31.6 Å². The van der Waals surface area contributed by atoms with Gasteiger partial charge in [0.1, 0.15) is 0 Å². The second-order valence-electron chi connectivity index (χ2n) is 5.00. The highest BCUT2D eigenvalue weighted by Gasteiger charge is 2.15. The molecule has 4 nitrogen and oxygen atoms in total. The number of carbonyl (C=O) groups excluding carboxylic acids is 1. The summed E-state index contributed by atoms with van der Waals surface area (Å²) in [6.45, 7) is 3.29. The van der Waals surface area contributed by atoms with E-state index in [1.807, 2.05) is 12.1 Å². The van der Waals surface area contributed by atoms with Crippen LogP contribution < -0.4 is 16.0 Å². The van der Waals surface area contributed by atoms with Crippen LogP contribution in [-0.4, -0.2) is 32.6 Å². The molecule has 0 bridgehead atoms. The number of primary amides is 1. The lowest BCUT2D eigenvalue weighted by atomic mass is 9.99. The van der Waals surface area contributed by atoms with E-state index in [0.717, 1.165) is 25.3 Å². The van der Waals surface area contributed by atoms with E-state index in [9.17, 15) is 4.79 Å². The van der Waals surface area contributed by atoms with Gasteiger partial charge in [-0.05, 0) is 56.1 Å². The fourth-order valence-corrected chi connectivity index (χ4v) is 2.45. The Hall–Kier alpha value is -1.55. The number of hydrogen-bond donors (Lipinski definition) is 2. The molecule has 1 saturated heterocycles. The Kier molecular flexibility index (Phi) is 4.20. The summed E-state index contributed by atoms with van der Waals surface area (Å²) < 4.78 is 0. The summed E-state index contributed by atoms with van der Waals surface area (Å²) >= 11 is 0. The van der Waals surface area contributed by atoms with Crippen molar-refractivity contribution in [3.8, 4) is 0 Å². The summed E-state index contributed by atoms with van der Waals surface area (Å²) in [6, 6.07) is 7.48. The maximum absolute atomic E-state index is 11.0. The molecule has 0 aliphatic carbocycles. The van der Waals surface area contributed by atoms with Crippen molar-refractivity contribution in [1.82, 2.24) is 5.32 Å². The van der Waals surface area contributed by atoms with Crippen molar-refractivity contribution in [3.05, 3.63) is 29.8 Å². The zero-order chi connectivity index (χ0) is 13.0. The van der Waals surface area contributed by atoms with Gasteiger partial charge in [0.25, 0.3) is 0 Å². The number of piperidine rings is 1. The van der Waals surface area contributed by atoms with Crippen LogP contribution >= 0.6 is 0 Å². The maximum atomic E-state index is 11.0. The molecule has 1 fully saturated rings. The third-order valence-corrected chi connectivity index (χ3v) is 3.52. The number of rotatable bonds is 4. The molecule has 1 heterocycles. The molecule has 1 aromatic carbocycles. The first kappa shape index (κ1) is 12.9.